The summed E-state index contributed by atoms with van der Waals surface area (Å²) in [6.07, 6.45) is 1.79. The van der Waals surface area contributed by atoms with Crippen LogP contribution >= 0.6 is 0 Å². The van der Waals surface area contributed by atoms with Gasteiger partial charge in [-0.25, -0.2) is 0 Å². The Morgan fingerprint density at radius 2 is 2.44 bits per heavy atom. The van der Waals surface area contributed by atoms with E-state index in [1.54, 1.807) is 17.2 Å². The van der Waals surface area contributed by atoms with Crippen LogP contribution < -0.4 is 5.32 Å². The molecule has 1 atom stereocenters. The van der Waals surface area contributed by atoms with Crippen LogP contribution in [0.5, 0.6) is 0 Å². The minimum Gasteiger partial charge on any atom is -0.467 e. The normalized spacial score (nSPS) is 22.8. The molecule has 0 aliphatic carbocycles. The van der Waals surface area contributed by atoms with Crippen molar-refractivity contribution in [3.8, 4) is 6.07 Å². The monoisotopic (exact) mass is 247 g/mol. The summed E-state index contributed by atoms with van der Waals surface area (Å²) >= 11 is 0. The summed E-state index contributed by atoms with van der Waals surface area (Å²) in [4.78, 5) is 13.9. The Morgan fingerprint density at radius 3 is 3.06 bits per heavy atom. The lowest BCUT2D eigenvalue weighted by Crippen LogP contribution is -2.64. The summed E-state index contributed by atoms with van der Waals surface area (Å²) < 4.78 is 5.27. The zero-order chi connectivity index (χ0) is 13.2. The fourth-order valence-electron chi connectivity index (χ4n) is 2.31. The molecule has 0 spiro atoms. The summed E-state index contributed by atoms with van der Waals surface area (Å²) in [6, 6.07) is 5.28. The van der Waals surface area contributed by atoms with Crippen molar-refractivity contribution in [1.29, 1.82) is 5.26 Å². The van der Waals surface area contributed by atoms with Gasteiger partial charge in [-0.2, -0.15) is 5.26 Å². The van der Waals surface area contributed by atoms with E-state index in [0.717, 1.165) is 5.76 Å². The number of carbonyl (C=O) groups excluding carboxylic acids is 1. The molecule has 1 saturated heterocycles. The molecule has 2 heterocycles. The summed E-state index contributed by atoms with van der Waals surface area (Å²) in [6.45, 7) is 5.12. The highest BCUT2D eigenvalue weighted by molar-refractivity contribution is 5.83. The molecule has 5 heteroatoms. The number of nitrogens with zero attached hydrogens (tertiary/aromatic N) is 2. The first-order valence-corrected chi connectivity index (χ1v) is 5.98. The molecule has 18 heavy (non-hydrogen) atoms. The second kappa shape index (κ2) is 4.83. The first-order chi connectivity index (χ1) is 8.52. The Kier molecular flexibility index (Phi) is 3.39. The van der Waals surface area contributed by atoms with Crippen LogP contribution in [0.25, 0.3) is 0 Å². The fourth-order valence-corrected chi connectivity index (χ4v) is 2.31. The van der Waals surface area contributed by atoms with E-state index in [4.69, 9.17) is 9.68 Å². The first kappa shape index (κ1) is 12.7. The van der Waals surface area contributed by atoms with Crippen molar-refractivity contribution >= 4 is 5.91 Å². The average molecular weight is 247 g/mol. The van der Waals surface area contributed by atoms with Crippen LogP contribution in [0.1, 0.15) is 26.0 Å². The smallest absolute Gasteiger partial charge is 0.241 e. The quantitative estimate of drug-likeness (QED) is 0.873. The standard InChI is InChI=1S/C13H17N3O2/c1-13(2)9-16(8-10-4-3-7-18-10)12(17)11(15-13)5-6-14/h3-4,7,11,15H,5,8-9H2,1-2H3. The van der Waals surface area contributed by atoms with Crippen LogP contribution in [0.4, 0.5) is 0 Å². The second-order valence-electron chi connectivity index (χ2n) is 5.22. The molecule has 1 N–H and O–H groups in total. The van der Waals surface area contributed by atoms with Crippen LogP contribution in [0.2, 0.25) is 0 Å². The molecule has 1 aromatic heterocycles. The SMILES string of the molecule is CC1(C)CN(Cc2ccco2)C(=O)C(CC#N)N1. The van der Waals surface area contributed by atoms with Crippen molar-refractivity contribution in [2.45, 2.75) is 38.4 Å². The van der Waals surface area contributed by atoms with Gasteiger partial charge < -0.3 is 9.32 Å². The highest BCUT2D eigenvalue weighted by Crippen LogP contribution is 2.19. The molecule has 1 unspecified atom stereocenters. The number of furan rings is 1. The third-order valence-corrected chi connectivity index (χ3v) is 2.98. The number of rotatable bonds is 3. The average Bonchev–Trinajstić information content (AvgIpc) is 2.77. The Balaban J connectivity index is 2.13. The zero-order valence-electron chi connectivity index (χ0n) is 10.6. The van der Waals surface area contributed by atoms with Gasteiger partial charge in [0.25, 0.3) is 0 Å². The number of nitriles is 1. The number of carbonyl (C=O) groups is 1. The number of amides is 1. The maximum Gasteiger partial charge on any atom is 0.241 e. The Morgan fingerprint density at radius 1 is 1.67 bits per heavy atom. The van der Waals surface area contributed by atoms with E-state index in [1.807, 2.05) is 19.9 Å². The topological polar surface area (TPSA) is 69.3 Å². The van der Waals surface area contributed by atoms with E-state index in [9.17, 15) is 4.79 Å². The molecular weight excluding hydrogens is 230 g/mol. The predicted octanol–water partition coefficient (Wildman–Crippen LogP) is 1.27. The van der Waals surface area contributed by atoms with Crippen LogP contribution in [0.3, 0.4) is 0 Å². The fraction of sp³-hybridized carbons (Fsp3) is 0.538. The molecule has 1 fully saturated rings. The Labute approximate surface area is 106 Å². The Hall–Kier alpha value is -1.80. The van der Waals surface area contributed by atoms with E-state index in [2.05, 4.69) is 11.4 Å². The number of hydrogen-bond donors (Lipinski definition) is 1. The van der Waals surface area contributed by atoms with Gasteiger partial charge in [0.05, 0.1) is 25.3 Å². The van der Waals surface area contributed by atoms with Crippen LogP contribution in [0.15, 0.2) is 22.8 Å². The van der Waals surface area contributed by atoms with Crippen molar-refractivity contribution in [2.24, 2.45) is 0 Å². The third-order valence-electron chi connectivity index (χ3n) is 2.98. The maximum absolute atomic E-state index is 12.2. The van der Waals surface area contributed by atoms with E-state index < -0.39 is 6.04 Å². The van der Waals surface area contributed by atoms with Crippen LogP contribution in [-0.2, 0) is 11.3 Å². The van der Waals surface area contributed by atoms with Gasteiger partial charge in [0.15, 0.2) is 0 Å². The molecule has 0 saturated carbocycles. The molecule has 5 nitrogen and oxygen atoms in total. The molecule has 1 aliphatic rings. The van der Waals surface area contributed by atoms with Crippen molar-refractivity contribution in [2.75, 3.05) is 6.54 Å². The van der Waals surface area contributed by atoms with Gasteiger partial charge in [-0.1, -0.05) is 0 Å². The zero-order valence-corrected chi connectivity index (χ0v) is 10.6. The lowest BCUT2D eigenvalue weighted by atomic mass is 9.96. The highest BCUT2D eigenvalue weighted by atomic mass is 16.3. The summed E-state index contributed by atoms with van der Waals surface area (Å²) in [7, 11) is 0. The van der Waals surface area contributed by atoms with Gasteiger partial charge >= 0.3 is 0 Å². The molecule has 0 radical (unpaired) electrons. The summed E-state index contributed by atoms with van der Waals surface area (Å²) in [5.41, 5.74) is -0.192. The summed E-state index contributed by atoms with van der Waals surface area (Å²) in [5, 5.41) is 12.0. The number of piperazine rings is 1. The molecule has 2 rings (SSSR count). The lowest BCUT2D eigenvalue weighted by molar-refractivity contribution is -0.139. The summed E-state index contributed by atoms with van der Waals surface area (Å²) in [5.74, 6) is 0.726. The van der Waals surface area contributed by atoms with Crippen LogP contribution in [-0.4, -0.2) is 28.9 Å². The van der Waals surface area contributed by atoms with Gasteiger partial charge in [0, 0.05) is 12.1 Å². The minimum absolute atomic E-state index is 0.0349. The lowest BCUT2D eigenvalue weighted by Gasteiger charge is -2.42. The van der Waals surface area contributed by atoms with E-state index in [-0.39, 0.29) is 17.9 Å². The van der Waals surface area contributed by atoms with Gasteiger partial charge in [0.2, 0.25) is 5.91 Å². The first-order valence-electron chi connectivity index (χ1n) is 5.98. The second-order valence-corrected chi connectivity index (χ2v) is 5.22. The molecule has 1 aliphatic heterocycles. The van der Waals surface area contributed by atoms with Gasteiger partial charge in [-0.05, 0) is 26.0 Å². The van der Waals surface area contributed by atoms with Gasteiger partial charge in [0.1, 0.15) is 11.8 Å². The highest BCUT2D eigenvalue weighted by Gasteiger charge is 2.37. The van der Waals surface area contributed by atoms with E-state index >= 15 is 0 Å². The molecule has 0 aromatic carbocycles. The maximum atomic E-state index is 12.2. The van der Waals surface area contributed by atoms with Gasteiger partial charge in [-0.15, -0.1) is 0 Å². The van der Waals surface area contributed by atoms with E-state index in [0.29, 0.717) is 13.1 Å². The van der Waals surface area contributed by atoms with Crippen molar-refractivity contribution < 1.29 is 9.21 Å². The van der Waals surface area contributed by atoms with Crippen molar-refractivity contribution in [1.82, 2.24) is 10.2 Å². The van der Waals surface area contributed by atoms with Gasteiger partial charge in [-0.3, -0.25) is 10.1 Å². The number of nitrogens with one attached hydrogen (secondary N) is 1. The molecule has 1 aromatic rings. The predicted molar refractivity (Wildman–Crippen MR) is 65.4 cm³/mol. The number of hydrogen-bond acceptors (Lipinski definition) is 4. The Bertz CT molecular complexity index is 459. The molecule has 0 bridgehead atoms. The minimum atomic E-state index is -0.422. The third kappa shape index (κ3) is 2.71. The molecule has 96 valence electrons. The van der Waals surface area contributed by atoms with Crippen molar-refractivity contribution in [3.05, 3.63) is 24.2 Å². The van der Waals surface area contributed by atoms with Crippen LogP contribution in [0, 0.1) is 11.3 Å². The van der Waals surface area contributed by atoms with E-state index in [1.165, 1.54) is 0 Å². The molecular formula is C13H17N3O2. The molecule has 1 amide bonds. The largest absolute Gasteiger partial charge is 0.467 e. The van der Waals surface area contributed by atoms with Crippen molar-refractivity contribution in [3.63, 3.8) is 0 Å².